The van der Waals surface area contributed by atoms with Gasteiger partial charge < -0.3 is 19.4 Å². The molecule has 0 aliphatic heterocycles. The van der Waals surface area contributed by atoms with Crippen molar-refractivity contribution in [3.63, 3.8) is 0 Å². The zero-order valence-electron chi connectivity index (χ0n) is 21.4. The molecule has 2 aromatic carbocycles. The molecule has 2 N–H and O–H groups in total. The van der Waals surface area contributed by atoms with Crippen LogP contribution in [0.2, 0.25) is 10.0 Å². The smallest absolute Gasteiger partial charge is 0.254 e. The number of aromatic nitrogens is 2. The lowest BCUT2D eigenvalue weighted by molar-refractivity contribution is 0.471. The highest BCUT2D eigenvalue weighted by molar-refractivity contribution is 6.31. The quantitative estimate of drug-likeness (QED) is 0.265. The molecule has 0 aliphatic rings. The molecule has 8 nitrogen and oxygen atoms in total. The monoisotopic (exact) mass is 562 g/mol. The normalized spacial score (nSPS) is 10.0. The first-order valence-electron chi connectivity index (χ1n) is 11.9. The van der Waals surface area contributed by atoms with E-state index in [0.29, 0.717) is 49.7 Å². The first kappa shape index (κ1) is 29.1. The van der Waals surface area contributed by atoms with E-state index in [4.69, 9.17) is 43.2 Å². The molecular formula is C29H24Cl2N4O4. The number of rotatable bonds is 6. The van der Waals surface area contributed by atoms with Crippen molar-refractivity contribution in [2.24, 2.45) is 0 Å². The number of halogens is 2. The number of hydrogen-bond donors (Lipinski definition) is 2. The van der Waals surface area contributed by atoms with Gasteiger partial charge in [-0.3, -0.25) is 9.59 Å². The maximum atomic E-state index is 11.7. The van der Waals surface area contributed by atoms with Gasteiger partial charge in [0.2, 0.25) is 0 Å². The average Bonchev–Trinajstić information content (AvgIpc) is 2.91. The van der Waals surface area contributed by atoms with E-state index in [2.05, 4.69) is 9.97 Å². The number of nitrogens with zero attached hydrogens (tertiary/aromatic N) is 2. The number of nitriles is 2. The second kappa shape index (κ2) is 13.3. The third kappa shape index (κ3) is 7.75. The minimum atomic E-state index is -0.241. The fraction of sp³-hybridized carbons (Fsp3) is 0.172. The van der Waals surface area contributed by atoms with Gasteiger partial charge in [-0.2, -0.15) is 10.5 Å². The Labute approximate surface area is 235 Å². The second-order valence-electron chi connectivity index (χ2n) is 8.27. The van der Waals surface area contributed by atoms with Crippen LogP contribution in [0.25, 0.3) is 0 Å². The molecular weight excluding hydrogens is 539 g/mol. The predicted molar refractivity (Wildman–Crippen MR) is 150 cm³/mol. The highest BCUT2D eigenvalue weighted by atomic mass is 35.5. The van der Waals surface area contributed by atoms with Gasteiger partial charge in [0.15, 0.2) is 0 Å². The highest BCUT2D eigenvalue weighted by Crippen LogP contribution is 2.30. The summed E-state index contributed by atoms with van der Waals surface area (Å²) in [5.74, 6) is 1.86. The minimum absolute atomic E-state index is 0.195. The number of pyridine rings is 2. The highest BCUT2D eigenvalue weighted by Gasteiger charge is 2.12. The SMILES string of the molecule is CCc1c[nH]c(=O)c(C)c1Oc1cc(Cl)cc(C#N)c1.CCc1c[nH]c(=O)cc1Oc1cc(Cl)cc(C#N)c1. The van der Waals surface area contributed by atoms with Gasteiger partial charge in [0, 0.05) is 39.6 Å². The summed E-state index contributed by atoms with van der Waals surface area (Å²) in [6, 6.07) is 14.9. The van der Waals surface area contributed by atoms with Gasteiger partial charge >= 0.3 is 0 Å². The van der Waals surface area contributed by atoms with Crippen molar-refractivity contribution in [1.29, 1.82) is 10.5 Å². The van der Waals surface area contributed by atoms with Crippen LogP contribution in [0.1, 0.15) is 41.7 Å². The van der Waals surface area contributed by atoms with Crippen molar-refractivity contribution in [3.8, 4) is 35.1 Å². The van der Waals surface area contributed by atoms with Gasteiger partial charge in [-0.15, -0.1) is 0 Å². The zero-order valence-corrected chi connectivity index (χ0v) is 22.9. The Hall–Kier alpha value is -4.50. The van der Waals surface area contributed by atoms with E-state index in [1.807, 2.05) is 26.0 Å². The van der Waals surface area contributed by atoms with E-state index in [1.54, 1.807) is 55.7 Å². The van der Waals surface area contributed by atoms with E-state index >= 15 is 0 Å². The number of nitrogens with one attached hydrogen (secondary N) is 2. The molecule has 0 unspecified atom stereocenters. The van der Waals surface area contributed by atoms with Crippen LogP contribution in [-0.4, -0.2) is 9.97 Å². The molecule has 0 amide bonds. The fourth-order valence-corrected chi connectivity index (χ4v) is 4.00. The molecule has 0 spiro atoms. The average molecular weight is 563 g/mol. The molecule has 0 aliphatic carbocycles. The predicted octanol–water partition coefficient (Wildman–Crippen LogP) is 6.82. The van der Waals surface area contributed by atoms with E-state index in [1.165, 1.54) is 6.07 Å². The van der Waals surface area contributed by atoms with Crippen molar-refractivity contribution in [2.75, 3.05) is 0 Å². The molecule has 0 saturated carbocycles. The molecule has 0 bridgehead atoms. The van der Waals surface area contributed by atoms with Gasteiger partial charge in [-0.1, -0.05) is 37.0 Å². The lowest BCUT2D eigenvalue weighted by Gasteiger charge is -2.12. The van der Waals surface area contributed by atoms with Crippen LogP contribution in [0.3, 0.4) is 0 Å². The Bertz CT molecular complexity index is 1700. The largest absolute Gasteiger partial charge is 0.457 e. The van der Waals surface area contributed by atoms with Crippen LogP contribution in [0.4, 0.5) is 0 Å². The van der Waals surface area contributed by atoms with E-state index in [9.17, 15) is 9.59 Å². The van der Waals surface area contributed by atoms with E-state index in [0.717, 1.165) is 24.0 Å². The summed E-state index contributed by atoms with van der Waals surface area (Å²) < 4.78 is 11.4. The van der Waals surface area contributed by atoms with Crippen molar-refractivity contribution < 1.29 is 9.47 Å². The third-order valence-corrected chi connectivity index (χ3v) is 5.96. The number of benzene rings is 2. The van der Waals surface area contributed by atoms with Crippen molar-refractivity contribution in [1.82, 2.24) is 9.97 Å². The first-order valence-corrected chi connectivity index (χ1v) is 12.6. The Morgan fingerprint density at radius 1 is 0.769 bits per heavy atom. The molecule has 2 aromatic heterocycles. The summed E-state index contributed by atoms with van der Waals surface area (Å²) in [5, 5.41) is 18.6. The maximum absolute atomic E-state index is 11.7. The maximum Gasteiger partial charge on any atom is 0.254 e. The molecule has 0 radical (unpaired) electrons. The summed E-state index contributed by atoms with van der Waals surface area (Å²) in [4.78, 5) is 28.3. The van der Waals surface area contributed by atoms with Crippen LogP contribution in [0, 0.1) is 29.6 Å². The van der Waals surface area contributed by atoms with Gasteiger partial charge in [0.1, 0.15) is 23.0 Å². The van der Waals surface area contributed by atoms with Crippen molar-refractivity contribution in [3.05, 3.63) is 113 Å². The number of H-pyrrole nitrogens is 2. The summed E-state index contributed by atoms with van der Waals surface area (Å²) in [7, 11) is 0. The number of aryl methyl sites for hydroxylation is 2. The fourth-order valence-electron chi connectivity index (χ4n) is 3.55. The second-order valence-corrected chi connectivity index (χ2v) is 9.14. The molecule has 0 fully saturated rings. The molecule has 10 heteroatoms. The summed E-state index contributed by atoms with van der Waals surface area (Å²) >= 11 is 11.8. The minimum Gasteiger partial charge on any atom is -0.457 e. The van der Waals surface area contributed by atoms with E-state index in [-0.39, 0.29) is 11.1 Å². The lowest BCUT2D eigenvalue weighted by atomic mass is 10.1. The van der Waals surface area contributed by atoms with Crippen molar-refractivity contribution in [2.45, 2.75) is 33.6 Å². The van der Waals surface area contributed by atoms with Crippen LogP contribution in [0.5, 0.6) is 23.0 Å². The van der Waals surface area contributed by atoms with Gasteiger partial charge in [-0.05, 0) is 56.2 Å². The standard InChI is InChI=1S/C15H13ClN2O2.C14H11ClN2O2/c1-3-11-8-18-15(19)9(2)14(11)20-13-5-10(7-17)4-12(16)6-13;1-2-10-8-17-14(18)6-13(10)19-12-4-9(7-16)3-11(15)5-12/h4-6,8H,3H2,1-2H3,(H,18,19);3-6,8H,2H2,1H3,(H,17,18). The summed E-state index contributed by atoms with van der Waals surface area (Å²) in [6.07, 6.45) is 4.70. The van der Waals surface area contributed by atoms with Crippen LogP contribution >= 0.6 is 23.2 Å². The third-order valence-electron chi connectivity index (χ3n) is 5.53. The number of ether oxygens (including phenoxy) is 2. The molecule has 0 atom stereocenters. The Morgan fingerprint density at radius 3 is 1.85 bits per heavy atom. The van der Waals surface area contributed by atoms with Gasteiger partial charge in [0.05, 0.1) is 28.8 Å². The molecule has 4 rings (SSSR count). The Morgan fingerprint density at radius 2 is 1.31 bits per heavy atom. The Balaban J connectivity index is 0.000000216. The Kier molecular flexibility index (Phi) is 9.94. The van der Waals surface area contributed by atoms with Crippen molar-refractivity contribution >= 4 is 23.2 Å². The zero-order chi connectivity index (χ0) is 28.5. The molecule has 4 aromatic rings. The lowest BCUT2D eigenvalue weighted by Crippen LogP contribution is -2.11. The molecule has 198 valence electrons. The van der Waals surface area contributed by atoms with Gasteiger partial charge in [-0.25, -0.2) is 0 Å². The van der Waals surface area contributed by atoms with Gasteiger partial charge in [0.25, 0.3) is 11.1 Å². The number of hydrogen-bond acceptors (Lipinski definition) is 6. The van der Waals surface area contributed by atoms with E-state index < -0.39 is 0 Å². The number of aromatic amines is 2. The summed E-state index contributed by atoms with van der Waals surface area (Å²) in [6.45, 7) is 5.63. The first-order chi connectivity index (χ1) is 18.7. The topological polar surface area (TPSA) is 132 Å². The van der Waals surface area contributed by atoms with Crippen LogP contribution < -0.4 is 20.6 Å². The molecule has 39 heavy (non-hydrogen) atoms. The van der Waals surface area contributed by atoms with Crippen LogP contribution in [-0.2, 0) is 12.8 Å². The molecule has 2 heterocycles. The summed E-state index contributed by atoms with van der Waals surface area (Å²) in [5.41, 5.74) is 2.65. The van der Waals surface area contributed by atoms with Crippen LogP contribution in [0.15, 0.2) is 64.4 Å². The molecule has 0 saturated heterocycles.